The van der Waals surface area contributed by atoms with Crippen molar-refractivity contribution in [2.24, 2.45) is 0 Å². The van der Waals surface area contributed by atoms with Crippen molar-refractivity contribution >= 4 is 17.5 Å². The summed E-state index contributed by atoms with van der Waals surface area (Å²) >= 11 is 0. The van der Waals surface area contributed by atoms with Crippen molar-refractivity contribution in [1.82, 2.24) is 14.8 Å². The van der Waals surface area contributed by atoms with Crippen LogP contribution in [0.3, 0.4) is 0 Å². The summed E-state index contributed by atoms with van der Waals surface area (Å²) in [4.78, 5) is 24.2. The number of carbonyl (C=O) groups is 1. The maximum Gasteiger partial charge on any atom is 0.322 e. The molecule has 3 heterocycles. The second-order valence-electron chi connectivity index (χ2n) is 8.24. The molecule has 31 heavy (non-hydrogen) atoms. The maximum absolute atomic E-state index is 13.0. The van der Waals surface area contributed by atoms with Crippen molar-refractivity contribution in [2.45, 2.75) is 32.4 Å². The number of anilines is 2. The summed E-state index contributed by atoms with van der Waals surface area (Å²) in [5.41, 5.74) is 2.05. The minimum Gasteiger partial charge on any atom is -0.378 e. The molecule has 1 aromatic heterocycles. The first-order chi connectivity index (χ1) is 15.2. The third kappa shape index (κ3) is 5.17. The molecule has 1 aromatic carbocycles. The molecule has 2 aliphatic rings. The van der Waals surface area contributed by atoms with Crippen molar-refractivity contribution in [1.29, 1.82) is 0 Å². The van der Waals surface area contributed by atoms with E-state index < -0.39 is 0 Å². The largest absolute Gasteiger partial charge is 0.378 e. The molecule has 166 valence electrons. The van der Waals surface area contributed by atoms with Gasteiger partial charge in [0.2, 0.25) is 0 Å². The zero-order valence-corrected chi connectivity index (χ0v) is 18.5. The van der Waals surface area contributed by atoms with Crippen LogP contribution in [0.25, 0.3) is 0 Å². The maximum atomic E-state index is 13.0. The molecular weight excluding hydrogens is 390 g/mol. The summed E-state index contributed by atoms with van der Waals surface area (Å²) in [5.74, 6) is 0.926. The van der Waals surface area contributed by atoms with Gasteiger partial charge in [0.15, 0.2) is 0 Å². The third-order valence-corrected chi connectivity index (χ3v) is 6.40. The van der Waals surface area contributed by atoms with Crippen LogP contribution in [0, 0.1) is 0 Å². The van der Waals surface area contributed by atoms with E-state index in [0.717, 1.165) is 57.3 Å². The van der Waals surface area contributed by atoms with Crippen LogP contribution in [-0.4, -0.2) is 72.8 Å². The molecular formula is C24H33N5O2. The van der Waals surface area contributed by atoms with E-state index in [9.17, 15) is 4.79 Å². The summed E-state index contributed by atoms with van der Waals surface area (Å²) in [7, 11) is 0. The zero-order valence-electron chi connectivity index (χ0n) is 18.5. The van der Waals surface area contributed by atoms with Crippen molar-refractivity contribution < 1.29 is 9.53 Å². The highest BCUT2D eigenvalue weighted by Crippen LogP contribution is 2.27. The van der Waals surface area contributed by atoms with Gasteiger partial charge < -0.3 is 19.9 Å². The number of ether oxygens (including phenoxy) is 1. The van der Waals surface area contributed by atoms with E-state index in [2.05, 4.69) is 57.4 Å². The lowest BCUT2D eigenvalue weighted by Crippen LogP contribution is -2.44. The second kappa shape index (κ2) is 10.1. The normalized spacial score (nSPS) is 20.5. The Hall–Kier alpha value is -2.64. The SMILES string of the molecule is CCN(C(=O)Nc1ccc(N2CCOCC2)nc1)[C@@H]1CCN([C@H](C)c2ccccc2)C1. The Morgan fingerprint density at radius 1 is 1.19 bits per heavy atom. The molecule has 0 aliphatic carbocycles. The molecule has 2 atom stereocenters. The summed E-state index contributed by atoms with van der Waals surface area (Å²) in [5, 5.41) is 3.04. The topological polar surface area (TPSA) is 60.9 Å². The van der Waals surface area contributed by atoms with E-state index in [-0.39, 0.29) is 12.1 Å². The molecule has 7 nitrogen and oxygen atoms in total. The highest BCUT2D eigenvalue weighted by Gasteiger charge is 2.32. The van der Waals surface area contributed by atoms with Gasteiger partial charge in [0.1, 0.15) is 5.82 Å². The molecule has 2 aliphatic heterocycles. The molecule has 0 radical (unpaired) electrons. The molecule has 0 unspecified atom stereocenters. The van der Waals surface area contributed by atoms with Gasteiger partial charge >= 0.3 is 6.03 Å². The number of aromatic nitrogens is 1. The van der Waals surface area contributed by atoms with Gasteiger partial charge in [-0.25, -0.2) is 9.78 Å². The van der Waals surface area contributed by atoms with Crippen LogP contribution in [0.5, 0.6) is 0 Å². The number of amides is 2. The van der Waals surface area contributed by atoms with E-state index in [1.54, 1.807) is 6.20 Å². The van der Waals surface area contributed by atoms with Crippen LogP contribution in [0.1, 0.15) is 31.9 Å². The van der Waals surface area contributed by atoms with Crippen LogP contribution in [0.4, 0.5) is 16.3 Å². The number of likely N-dealkylation sites (tertiary alicyclic amines) is 1. The quantitative estimate of drug-likeness (QED) is 0.769. The zero-order chi connectivity index (χ0) is 21.6. The molecule has 0 saturated carbocycles. The number of nitrogens with one attached hydrogen (secondary N) is 1. The van der Waals surface area contributed by atoms with E-state index in [4.69, 9.17) is 4.74 Å². The molecule has 4 rings (SSSR count). The number of pyridine rings is 1. The highest BCUT2D eigenvalue weighted by atomic mass is 16.5. The average molecular weight is 424 g/mol. The highest BCUT2D eigenvalue weighted by molar-refractivity contribution is 5.89. The number of likely N-dealkylation sites (N-methyl/N-ethyl adjacent to an activating group) is 1. The summed E-state index contributed by atoms with van der Waals surface area (Å²) in [6.07, 6.45) is 2.74. The van der Waals surface area contributed by atoms with Crippen molar-refractivity contribution in [3.05, 3.63) is 54.2 Å². The number of nitrogens with zero attached hydrogens (tertiary/aromatic N) is 4. The number of hydrogen-bond donors (Lipinski definition) is 1. The van der Waals surface area contributed by atoms with E-state index in [1.807, 2.05) is 24.0 Å². The van der Waals surface area contributed by atoms with Gasteiger partial charge in [-0.3, -0.25) is 4.90 Å². The fourth-order valence-electron chi connectivity index (χ4n) is 4.52. The predicted octanol–water partition coefficient (Wildman–Crippen LogP) is 3.61. The fraction of sp³-hybridized carbons (Fsp3) is 0.500. The number of urea groups is 1. The molecule has 0 spiro atoms. The number of carbonyl (C=O) groups excluding carboxylic acids is 1. The minimum absolute atomic E-state index is 0.0531. The predicted molar refractivity (Wildman–Crippen MR) is 124 cm³/mol. The van der Waals surface area contributed by atoms with Gasteiger partial charge in [-0.05, 0) is 38.0 Å². The van der Waals surface area contributed by atoms with E-state index in [0.29, 0.717) is 12.6 Å². The van der Waals surface area contributed by atoms with Crippen molar-refractivity contribution in [3.63, 3.8) is 0 Å². The Morgan fingerprint density at radius 3 is 2.65 bits per heavy atom. The number of benzene rings is 1. The van der Waals surface area contributed by atoms with Gasteiger partial charge in [0.25, 0.3) is 0 Å². The molecule has 2 fully saturated rings. The number of rotatable bonds is 6. The molecule has 0 bridgehead atoms. The second-order valence-corrected chi connectivity index (χ2v) is 8.24. The first-order valence-electron chi connectivity index (χ1n) is 11.3. The van der Waals surface area contributed by atoms with E-state index >= 15 is 0 Å². The molecule has 2 amide bonds. The Morgan fingerprint density at radius 2 is 1.97 bits per heavy atom. The Kier molecular flexibility index (Phi) is 7.04. The van der Waals surface area contributed by atoms with Crippen molar-refractivity contribution in [2.75, 3.05) is 56.2 Å². The lowest BCUT2D eigenvalue weighted by atomic mass is 10.1. The standard InChI is InChI=1S/C24H33N5O2/c1-3-29(22-11-12-28(18-22)19(2)20-7-5-4-6-8-20)24(30)26-21-9-10-23(25-17-21)27-13-15-31-16-14-27/h4-10,17,19,22H,3,11-16,18H2,1-2H3,(H,26,30)/t19-,22-/m1/s1. The first-order valence-corrected chi connectivity index (χ1v) is 11.3. The lowest BCUT2D eigenvalue weighted by Gasteiger charge is -2.30. The van der Waals surface area contributed by atoms with Gasteiger partial charge in [0.05, 0.1) is 25.1 Å². The summed E-state index contributed by atoms with van der Waals surface area (Å²) < 4.78 is 5.40. The molecule has 1 N–H and O–H groups in total. The Bertz CT molecular complexity index is 839. The smallest absolute Gasteiger partial charge is 0.322 e. The summed E-state index contributed by atoms with van der Waals surface area (Å²) in [6, 6.07) is 15.0. The fourth-order valence-corrected chi connectivity index (χ4v) is 4.52. The number of morpholine rings is 1. The van der Waals surface area contributed by atoms with Crippen molar-refractivity contribution in [3.8, 4) is 0 Å². The van der Waals surface area contributed by atoms with Gasteiger partial charge in [-0.2, -0.15) is 0 Å². The van der Waals surface area contributed by atoms with Gasteiger partial charge in [-0.15, -0.1) is 0 Å². The average Bonchev–Trinajstić information content (AvgIpc) is 3.30. The van der Waals surface area contributed by atoms with Crippen LogP contribution in [-0.2, 0) is 4.74 Å². The molecule has 7 heteroatoms. The van der Waals surface area contributed by atoms with E-state index in [1.165, 1.54) is 5.56 Å². The van der Waals surface area contributed by atoms with Crippen LogP contribution in [0.2, 0.25) is 0 Å². The van der Waals surface area contributed by atoms with Crippen LogP contribution < -0.4 is 10.2 Å². The van der Waals surface area contributed by atoms with Gasteiger partial charge in [0, 0.05) is 44.8 Å². The third-order valence-electron chi connectivity index (χ3n) is 6.40. The lowest BCUT2D eigenvalue weighted by molar-refractivity contribution is 0.122. The number of hydrogen-bond acceptors (Lipinski definition) is 5. The minimum atomic E-state index is -0.0531. The van der Waals surface area contributed by atoms with Gasteiger partial charge in [-0.1, -0.05) is 30.3 Å². The summed E-state index contributed by atoms with van der Waals surface area (Å²) in [6.45, 7) is 10.0. The Labute approximate surface area is 185 Å². The molecule has 2 aromatic rings. The monoisotopic (exact) mass is 423 g/mol. The molecule has 2 saturated heterocycles. The van der Waals surface area contributed by atoms with Crippen LogP contribution in [0.15, 0.2) is 48.7 Å². The van der Waals surface area contributed by atoms with Crippen LogP contribution >= 0.6 is 0 Å². The Balaban J connectivity index is 1.34. The first kappa shape index (κ1) is 21.6.